The number of hydrogen-bond acceptors (Lipinski definition) is 3. The number of rotatable bonds is 6. The molecule has 0 aromatic carbocycles. The molecule has 0 aliphatic carbocycles. The summed E-state index contributed by atoms with van der Waals surface area (Å²) in [5.74, 6) is -0.139. The van der Waals surface area contributed by atoms with Crippen LogP contribution in [0, 0.1) is 0 Å². The average Bonchev–Trinajstić information content (AvgIpc) is 2.02. The molecule has 4 nitrogen and oxygen atoms in total. The van der Waals surface area contributed by atoms with E-state index in [0.29, 0.717) is 0 Å². The van der Waals surface area contributed by atoms with Gasteiger partial charge in [-0.3, -0.25) is 4.79 Å². The standard InChI is InChI=1S/C8H15NO3/c1-3-4-8(11)9-5-7(10)6-12-2/h3,7,10H,1,4-6H2,2H3,(H,9,11). The zero-order chi connectivity index (χ0) is 9.40. The largest absolute Gasteiger partial charge is 0.389 e. The number of carbonyl (C=O) groups is 1. The van der Waals surface area contributed by atoms with Crippen molar-refractivity contribution in [2.45, 2.75) is 12.5 Å². The second kappa shape index (κ2) is 6.82. The fourth-order valence-corrected chi connectivity index (χ4v) is 0.686. The number of carbonyl (C=O) groups excluding carboxylic acids is 1. The molecule has 0 aromatic rings. The average molecular weight is 173 g/mol. The SMILES string of the molecule is C=CCC(=O)NCC(O)COC. The van der Waals surface area contributed by atoms with E-state index in [-0.39, 0.29) is 25.5 Å². The van der Waals surface area contributed by atoms with Crippen LogP contribution in [0.1, 0.15) is 6.42 Å². The third-order valence-electron chi connectivity index (χ3n) is 1.22. The molecule has 0 spiro atoms. The summed E-state index contributed by atoms with van der Waals surface area (Å²) in [4.78, 5) is 10.8. The van der Waals surface area contributed by atoms with Crippen molar-refractivity contribution in [3.05, 3.63) is 12.7 Å². The van der Waals surface area contributed by atoms with Crippen LogP contribution in [0.2, 0.25) is 0 Å². The van der Waals surface area contributed by atoms with Crippen molar-refractivity contribution >= 4 is 5.91 Å². The Morgan fingerprint density at radius 3 is 3.00 bits per heavy atom. The van der Waals surface area contributed by atoms with Crippen LogP contribution in [-0.4, -0.2) is 37.4 Å². The number of aliphatic hydroxyl groups excluding tert-OH is 1. The Kier molecular flexibility index (Phi) is 6.32. The number of ether oxygens (including phenoxy) is 1. The van der Waals surface area contributed by atoms with Gasteiger partial charge >= 0.3 is 0 Å². The lowest BCUT2D eigenvalue weighted by Gasteiger charge is -2.09. The number of methoxy groups -OCH3 is 1. The van der Waals surface area contributed by atoms with Crippen molar-refractivity contribution in [1.29, 1.82) is 0 Å². The maximum Gasteiger partial charge on any atom is 0.223 e. The number of amides is 1. The fourth-order valence-electron chi connectivity index (χ4n) is 0.686. The highest BCUT2D eigenvalue weighted by Gasteiger charge is 2.04. The summed E-state index contributed by atoms with van der Waals surface area (Å²) in [6.45, 7) is 3.87. The Morgan fingerprint density at radius 1 is 1.83 bits per heavy atom. The molecule has 1 amide bonds. The molecule has 1 unspecified atom stereocenters. The van der Waals surface area contributed by atoms with Crippen LogP contribution in [0.15, 0.2) is 12.7 Å². The minimum absolute atomic E-state index is 0.139. The quantitative estimate of drug-likeness (QED) is 0.541. The first-order chi connectivity index (χ1) is 5.70. The van der Waals surface area contributed by atoms with Gasteiger partial charge in [0.1, 0.15) is 0 Å². The molecule has 0 radical (unpaired) electrons. The van der Waals surface area contributed by atoms with Crippen molar-refractivity contribution in [3.63, 3.8) is 0 Å². The van der Waals surface area contributed by atoms with E-state index in [1.807, 2.05) is 0 Å². The van der Waals surface area contributed by atoms with Crippen LogP contribution in [0.3, 0.4) is 0 Å². The molecule has 12 heavy (non-hydrogen) atoms. The molecular formula is C8H15NO3. The summed E-state index contributed by atoms with van der Waals surface area (Å²) in [7, 11) is 1.49. The Morgan fingerprint density at radius 2 is 2.50 bits per heavy atom. The summed E-state index contributed by atoms with van der Waals surface area (Å²) in [6.07, 6.45) is 1.15. The maximum atomic E-state index is 10.8. The molecule has 0 aliphatic rings. The van der Waals surface area contributed by atoms with E-state index < -0.39 is 6.10 Å². The third kappa shape index (κ3) is 5.88. The van der Waals surface area contributed by atoms with Crippen LogP contribution in [0.5, 0.6) is 0 Å². The summed E-state index contributed by atoms with van der Waals surface area (Å²) < 4.78 is 4.67. The minimum atomic E-state index is -0.635. The van der Waals surface area contributed by atoms with Gasteiger partial charge in [0, 0.05) is 20.1 Å². The van der Waals surface area contributed by atoms with Gasteiger partial charge in [-0.25, -0.2) is 0 Å². The molecule has 0 saturated carbocycles. The van der Waals surface area contributed by atoms with Crippen molar-refractivity contribution < 1.29 is 14.6 Å². The normalized spacial score (nSPS) is 12.2. The smallest absolute Gasteiger partial charge is 0.223 e. The van der Waals surface area contributed by atoms with Gasteiger partial charge in [0.05, 0.1) is 12.7 Å². The second-order valence-corrected chi connectivity index (χ2v) is 2.41. The molecule has 2 N–H and O–H groups in total. The minimum Gasteiger partial charge on any atom is -0.389 e. The predicted molar refractivity (Wildman–Crippen MR) is 45.7 cm³/mol. The molecular weight excluding hydrogens is 158 g/mol. The molecule has 0 bridgehead atoms. The molecule has 1 atom stereocenters. The number of nitrogens with one attached hydrogen (secondary N) is 1. The van der Waals surface area contributed by atoms with Crippen molar-refractivity contribution in [3.8, 4) is 0 Å². The van der Waals surface area contributed by atoms with Gasteiger partial charge in [-0.05, 0) is 0 Å². The van der Waals surface area contributed by atoms with Gasteiger partial charge in [0.15, 0.2) is 0 Å². The summed E-state index contributed by atoms with van der Waals surface area (Å²) in [5.41, 5.74) is 0. The van der Waals surface area contributed by atoms with Crippen LogP contribution in [0.25, 0.3) is 0 Å². The Balaban J connectivity index is 3.39. The van der Waals surface area contributed by atoms with Crippen molar-refractivity contribution in [1.82, 2.24) is 5.32 Å². The molecule has 0 heterocycles. The van der Waals surface area contributed by atoms with Gasteiger partial charge in [-0.15, -0.1) is 6.58 Å². The van der Waals surface area contributed by atoms with Gasteiger partial charge in [0.25, 0.3) is 0 Å². The summed E-state index contributed by atoms with van der Waals surface area (Å²) in [6, 6.07) is 0. The molecule has 0 saturated heterocycles. The van der Waals surface area contributed by atoms with Crippen LogP contribution < -0.4 is 5.32 Å². The Hall–Kier alpha value is -0.870. The topological polar surface area (TPSA) is 58.6 Å². The molecule has 4 heteroatoms. The molecule has 0 rings (SSSR count). The monoisotopic (exact) mass is 173 g/mol. The van der Waals surface area contributed by atoms with Gasteiger partial charge in [-0.2, -0.15) is 0 Å². The molecule has 0 aromatic heterocycles. The predicted octanol–water partition coefficient (Wildman–Crippen LogP) is -0.314. The Labute approximate surface area is 72.2 Å². The Bertz CT molecular complexity index is 147. The molecule has 0 aliphatic heterocycles. The highest BCUT2D eigenvalue weighted by atomic mass is 16.5. The van der Waals surface area contributed by atoms with E-state index in [9.17, 15) is 4.79 Å². The first-order valence-electron chi connectivity index (χ1n) is 3.75. The van der Waals surface area contributed by atoms with E-state index in [2.05, 4.69) is 16.6 Å². The van der Waals surface area contributed by atoms with Crippen molar-refractivity contribution in [2.75, 3.05) is 20.3 Å². The molecule has 0 fully saturated rings. The van der Waals surface area contributed by atoms with E-state index >= 15 is 0 Å². The number of hydrogen-bond donors (Lipinski definition) is 2. The van der Waals surface area contributed by atoms with Crippen LogP contribution in [-0.2, 0) is 9.53 Å². The highest BCUT2D eigenvalue weighted by Crippen LogP contribution is 1.83. The van der Waals surface area contributed by atoms with Gasteiger partial charge in [-0.1, -0.05) is 6.08 Å². The van der Waals surface area contributed by atoms with E-state index in [1.165, 1.54) is 13.2 Å². The zero-order valence-corrected chi connectivity index (χ0v) is 7.25. The number of aliphatic hydroxyl groups is 1. The van der Waals surface area contributed by atoms with E-state index in [4.69, 9.17) is 5.11 Å². The van der Waals surface area contributed by atoms with E-state index in [1.54, 1.807) is 0 Å². The first-order valence-corrected chi connectivity index (χ1v) is 3.75. The lowest BCUT2D eigenvalue weighted by atomic mass is 10.3. The van der Waals surface area contributed by atoms with E-state index in [0.717, 1.165) is 0 Å². The van der Waals surface area contributed by atoms with Gasteiger partial charge < -0.3 is 15.2 Å². The summed E-state index contributed by atoms with van der Waals surface area (Å²) >= 11 is 0. The lowest BCUT2D eigenvalue weighted by molar-refractivity contribution is -0.120. The second-order valence-electron chi connectivity index (χ2n) is 2.41. The maximum absolute atomic E-state index is 10.8. The van der Waals surface area contributed by atoms with Crippen LogP contribution >= 0.6 is 0 Å². The van der Waals surface area contributed by atoms with Crippen LogP contribution in [0.4, 0.5) is 0 Å². The zero-order valence-electron chi connectivity index (χ0n) is 7.25. The van der Waals surface area contributed by atoms with Crippen molar-refractivity contribution in [2.24, 2.45) is 0 Å². The van der Waals surface area contributed by atoms with Gasteiger partial charge in [0.2, 0.25) is 5.91 Å². The molecule has 70 valence electrons. The fraction of sp³-hybridized carbons (Fsp3) is 0.625. The lowest BCUT2D eigenvalue weighted by Crippen LogP contribution is -2.33. The highest BCUT2D eigenvalue weighted by molar-refractivity contribution is 5.77. The summed E-state index contributed by atoms with van der Waals surface area (Å²) in [5, 5.41) is 11.6. The third-order valence-corrected chi connectivity index (χ3v) is 1.22. The first kappa shape index (κ1) is 11.1.